The van der Waals surface area contributed by atoms with Crippen molar-refractivity contribution >= 4 is 11.6 Å². The van der Waals surface area contributed by atoms with Gasteiger partial charge in [-0.15, -0.1) is 0 Å². The Balaban J connectivity index is 2.63. The molecule has 0 spiro atoms. The first-order valence-electron chi connectivity index (χ1n) is 9.31. The highest BCUT2D eigenvalue weighted by molar-refractivity contribution is 6.32. The van der Waals surface area contributed by atoms with E-state index in [-0.39, 0.29) is 16.5 Å². The molecule has 0 aromatic heterocycles. The fourth-order valence-corrected chi connectivity index (χ4v) is 3.32. The van der Waals surface area contributed by atoms with Gasteiger partial charge in [0.25, 0.3) is 0 Å². The molecule has 23 heavy (non-hydrogen) atoms. The van der Waals surface area contributed by atoms with E-state index in [2.05, 4.69) is 13.8 Å². The van der Waals surface area contributed by atoms with Crippen LogP contribution in [0.15, 0.2) is 12.1 Å². The average molecular weight is 341 g/mol. The quantitative estimate of drug-likeness (QED) is 0.313. The number of benzene rings is 1. The van der Waals surface area contributed by atoms with E-state index in [1.54, 1.807) is 6.07 Å². The molecule has 0 radical (unpaired) electrons. The molecule has 0 heterocycles. The summed E-state index contributed by atoms with van der Waals surface area (Å²) in [5, 5.41) is 20.3. The molecular weight excluding hydrogens is 308 g/mol. The van der Waals surface area contributed by atoms with E-state index in [4.69, 9.17) is 11.6 Å². The number of unbranched alkanes of at least 4 members (excludes halogenated alkanes) is 7. The van der Waals surface area contributed by atoms with Gasteiger partial charge in [-0.25, -0.2) is 0 Å². The van der Waals surface area contributed by atoms with Crippen molar-refractivity contribution in [1.29, 1.82) is 0 Å². The number of hydrogen-bond acceptors (Lipinski definition) is 2. The largest absolute Gasteiger partial charge is 0.508 e. The van der Waals surface area contributed by atoms with Crippen LogP contribution in [0.4, 0.5) is 0 Å². The van der Waals surface area contributed by atoms with Crippen molar-refractivity contribution in [1.82, 2.24) is 0 Å². The van der Waals surface area contributed by atoms with Gasteiger partial charge in [0.15, 0.2) is 0 Å². The van der Waals surface area contributed by atoms with Gasteiger partial charge >= 0.3 is 0 Å². The summed E-state index contributed by atoms with van der Waals surface area (Å²) in [4.78, 5) is 0. The summed E-state index contributed by atoms with van der Waals surface area (Å²) in [5.41, 5.74) is 0.858. The van der Waals surface area contributed by atoms with Gasteiger partial charge in [0, 0.05) is 11.6 Å². The minimum atomic E-state index is 0.0721. The predicted octanol–water partition coefficient (Wildman–Crippen LogP) is 7.17. The Morgan fingerprint density at radius 3 is 1.96 bits per heavy atom. The van der Waals surface area contributed by atoms with Crippen LogP contribution in [0.25, 0.3) is 0 Å². The van der Waals surface area contributed by atoms with Crippen molar-refractivity contribution in [3.63, 3.8) is 0 Å². The zero-order valence-electron chi connectivity index (χ0n) is 14.8. The summed E-state index contributed by atoms with van der Waals surface area (Å²) in [7, 11) is 0. The van der Waals surface area contributed by atoms with Crippen molar-refractivity contribution < 1.29 is 10.2 Å². The van der Waals surface area contributed by atoms with Crippen LogP contribution in [0, 0.1) is 0 Å². The molecule has 2 nitrogen and oxygen atoms in total. The number of rotatable bonds is 12. The summed E-state index contributed by atoms with van der Waals surface area (Å²) < 4.78 is 0. The maximum absolute atomic E-state index is 10.2. The fourth-order valence-electron chi connectivity index (χ4n) is 3.16. The number of aromatic hydroxyl groups is 2. The molecule has 1 aromatic rings. The second kappa shape index (κ2) is 11.6. The topological polar surface area (TPSA) is 40.5 Å². The Labute approximate surface area is 146 Å². The lowest BCUT2D eigenvalue weighted by Crippen LogP contribution is -2.00. The SMILES string of the molecule is CCCCCCCCC(CCCCC)c1cc(O)c(Cl)cc1O. The minimum absolute atomic E-state index is 0.0721. The first-order chi connectivity index (χ1) is 11.1. The molecule has 0 saturated heterocycles. The van der Waals surface area contributed by atoms with E-state index >= 15 is 0 Å². The Morgan fingerprint density at radius 2 is 1.30 bits per heavy atom. The zero-order chi connectivity index (χ0) is 17.1. The lowest BCUT2D eigenvalue weighted by atomic mass is 9.87. The van der Waals surface area contributed by atoms with Gasteiger partial charge in [-0.05, 0) is 24.8 Å². The van der Waals surface area contributed by atoms with Gasteiger partial charge in [0.2, 0.25) is 0 Å². The summed E-state index contributed by atoms with van der Waals surface area (Å²) in [6, 6.07) is 3.13. The van der Waals surface area contributed by atoms with E-state index in [1.807, 2.05) is 0 Å². The molecule has 1 aromatic carbocycles. The third-order valence-corrected chi connectivity index (χ3v) is 4.90. The first kappa shape index (κ1) is 20.2. The molecule has 1 rings (SSSR count). The summed E-state index contributed by atoms with van der Waals surface area (Å²) in [6.45, 7) is 4.44. The van der Waals surface area contributed by atoms with Gasteiger partial charge in [-0.1, -0.05) is 83.2 Å². The fraction of sp³-hybridized carbons (Fsp3) is 0.700. The van der Waals surface area contributed by atoms with Crippen molar-refractivity contribution in [2.24, 2.45) is 0 Å². The van der Waals surface area contributed by atoms with Gasteiger partial charge in [-0.3, -0.25) is 0 Å². The van der Waals surface area contributed by atoms with Crippen molar-refractivity contribution in [2.75, 3.05) is 0 Å². The monoisotopic (exact) mass is 340 g/mol. The van der Waals surface area contributed by atoms with Crippen molar-refractivity contribution in [3.8, 4) is 11.5 Å². The lowest BCUT2D eigenvalue weighted by molar-refractivity contribution is 0.431. The van der Waals surface area contributed by atoms with Crippen LogP contribution in [0.1, 0.15) is 96.0 Å². The van der Waals surface area contributed by atoms with Crippen LogP contribution >= 0.6 is 11.6 Å². The highest BCUT2D eigenvalue weighted by atomic mass is 35.5. The second-order valence-corrected chi connectivity index (χ2v) is 7.02. The molecule has 1 atom stereocenters. The van der Waals surface area contributed by atoms with Gasteiger partial charge in [-0.2, -0.15) is 0 Å². The van der Waals surface area contributed by atoms with Crippen molar-refractivity contribution in [3.05, 3.63) is 22.7 Å². The third-order valence-electron chi connectivity index (χ3n) is 4.60. The molecule has 0 amide bonds. The Bertz CT molecular complexity index is 446. The van der Waals surface area contributed by atoms with Crippen LogP contribution in [-0.2, 0) is 0 Å². The van der Waals surface area contributed by atoms with Crippen LogP contribution in [0.5, 0.6) is 11.5 Å². The molecular formula is C20H33ClO2. The van der Waals surface area contributed by atoms with Gasteiger partial charge in [0.05, 0.1) is 5.02 Å². The molecule has 2 N–H and O–H groups in total. The Kier molecular flexibility index (Phi) is 10.2. The number of halogens is 1. The molecule has 0 fully saturated rings. The molecule has 0 aliphatic heterocycles. The smallest absolute Gasteiger partial charge is 0.134 e. The lowest BCUT2D eigenvalue weighted by Gasteiger charge is -2.19. The van der Waals surface area contributed by atoms with Crippen molar-refractivity contribution in [2.45, 2.75) is 90.4 Å². The maximum Gasteiger partial charge on any atom is 0.134 e. The molecule has 0 aliphatic rings. The summed E-state index contributed by atoms with van der Waals surface area (Å²) in [6.07, 6.45) is 13.4. The van der Waals surface area contributed by atoms with E-state index < -0.39 is 0 Å². The Hall–Kier alpha value is -0.890. The van der Waals surface area contributed by atoms with Gasteiger partial charge < -0.3 is 10.2 Å². The number of hydrogen-bond donors (Lipinski definition) is 2. The molecule has 132 valence electrons. The average Bonchev–Trinajstić information content (AvgIpc) is 2.53. The Morgan fingerprint density at radius 1 is 0.783 bits per heavy atom. The standard InChI is InChI=1S/C20H33ClO2/c1-3-5-7-8-9-11-13-16(12-10-6-4-2)17-14-20(23)18(21)15-19(17)22/h14-16,22-23H,3-13H2,1-2H3. The second-order valence-electron chi connectivity index (χ2n) is 6.61. The molecule has 3 heteroatoms. The normalized spacial score (nSPS) is 12.5. The van der Waals surface area contributed by atoms with E-state index in [9.17, 15) is 10.2 Å². The first-order valence-corrected chi connectivity index (χ1v) is 9.69. The summed E-state index contributed by atoms with van der Waals surface area (Å²) in [5.74, 6) is 0.610. The van der Waals surface area contributed by atoms with Crippen LogP contribution < -0.4 is 0 Å². The highest BCUT2D eigenvalue weighted by Gasteiger charge is 2.17. The van der Waals surface area contributed by atoms with Crippen LogP contribution in [0.3, 0.4) is 0 Å². The molecule has 0 bridgehead atoms. The van der Waals surface area contributed by atoms with E-state index in [1.165, 1.54) is 63.9 Å². The molecule has 0 saturated carbocycles. The number of phenolic OH excluding ortho intramolecular Hbond substituents is 2. The van der Waals surface area contributed by atoms with Crippen LogP contribution in [0.2, 0.25) is 5.02 Å². The maximum atomic E-state index is 10.2. The predicted molar refractivity (Wildman–Crippen MR) is 99.7 cm³/mol. The van der Waals surface area contributed by atoms with E-state index in [0.29, 0.717) is 5.92 Å². The van der Waals surface area contributed by atoms with Gasteiger partial charge in [0.1, 0.15) is 11.5 Å². The number of phenols is 2. The molecule has 0 aliphatic carbocycles. The summed E-state index contributed by atoms with van der Waals surface area (Å²) >= 11 is 5.88. The third kappa shape index (κ3) is 7.48. The zero-order valence-corrected chi connectivity index (χ0v) is 15.5. The van der Waals surface area contributed by atoms with Crippen LogP contribution in [-0.4, -0.2) is 10.2 Å². The minimum Gasteiger partial charge on any atom is -0.508 e. The highest BCUT2D eigenvalue weighted by Crippen LogP contribution is 2.39. The van der Waals surface area contributed by atoms with E-state index in [0.717, 1.165) is 18.4 Å². The molecule has 1 unspecified atom stereocenters.